The summed E-state index contributed by atoms with van der Waals surface area (Å²) in [7, 11) is 0. The summed E-state index contributed by atoms with van der Waals surface area (Å²) in [5.41, 5.74) is -0.680. The zero-order valence-electron chi connectivity index (χ0n) is 9.70. The van der Waals surface area contributed by atoms with Crippen molar-refractivity contribution in [2.24, 2.45) is 5.92 Å². The minimum atomic E-state index is -0.680. The number of nitrogens with one attached hydrogen (secondary N) is 1. The normalized spacial score (nSPS) is 26.7. The lowest BCUT2D eigenvalue weighted by molar-refractivity contribution is -0.134. The Bertz CT molecular complexity index is 395. The van der Waals surface area contributed by atoms with Crippen molar-refractivity contribution in [1.82, 2.24) is 10.2 Å². The van der Waals surface area contributed by atoms with Crippen molar-refractivity contribution in [2.45, 2.75) is 44.1 Å². The van der Waals surface area contributed by atoms with Gasteiger partial charge < -0.3 is 5.32 Å². The molecule has 0 bridgehead atoms. The van der Waals surface area contributed by atoms with Gasteiger partial charge in [-0.2, -0.15) is 0 Å². The van der Waals surface area contributed by atoms with Crippen LogP contribution in [-0.2, 0) is 9.59 Å². The molecule has 1 N–H and O–H groups in total. The number of rotatable bonds is 3. The number of carbonyl (C=O) groups excluding carboxylic acids is 3. The summed E-state index contributed by atoms with van der Waals surface area (Å²) in [5.74, 6) is -0.0618. The van der Waals surface area contributed by atoms with E-state index in [0.29, 0.717) is 12.8 Å². The molecule has 5 heteroatoms. The second-order valence-corrected chi connectivity index (χ2v) is 5.35. The third kappa shape index (κ3) is 1.64. The molecule has 17 heavy (non-hydrogen) atoms. The average molecular weight is 236 g/mol. The van der Waals surface area contributed by atoms with Gasteiger partial charge in [-0.3, -0.25) is 14.5 Å². The van der Waals surface area contributed by atoms with Crippen molar-refractivity contribution in [3.05, 3.63) is 0 Å². The fourth-order valence-corrected chi connectivity index (χ4v) is 2.83. The molecule has 1 heterocycles. The molecule has 92 valence electrons. The molecule has 1 saturated heterocycles. The molecule has 1 spiro atoms. The Morgan fingerprint density at radius 2 is 1.94 bits per heavy atom. The maximum Gasteiger partial charge on any atom is 0.325 e. The molecule has 1 aliphatic heterocycles. The molecule has 3 fully saturated rings. The van der Waals surface area contributed by atoms with Crippen LogP contribution >= 0.6 is 0 Å². The Morgan fingerprint density at radius 1 is 1.29 bits per heavy atom. The summed E-state index contributed by atoms with van der Waals surface area (Å²) in [6, 6.07) is -0.383. The van der Waals surface area contributed by atoms with Gasteiger partial charge in [-0.05, 0) is 25.7 Å². The predicted molar refractivity (Wildman–Crippen MR) is 59.2 cm³/mol. The lowest BCUT2D eigenvalue weighted by Crippen LogP contribution is -2.44. The number of nitrogens with zero attached hydrogens (tertiary/aromatic N) is 1. The SMILES string of the molecule is O=C(CN1C(=O)NC2(CCCC2)C1=O)C1CC1. The second kappa shape index (κ2) is 3.55. The monoisotopic (exact) mass is 236 g/mol. The van der Waals surface area contributed by atoms with E-state index in [-0.39, 0.29) is 30.2 Å². The molecule has 3 rings (SSSR count). The molecule has 0 unspecified atom stereocenters. The molecule has 2 aliphatic carbocycles. The number of ketones is 1. The van der Waals surface area contributed by atoms with Gasteiger partial charge in [-0.1, -0.05) is 12.8 Å². The highest BCUT2D eigenvalue weighted by Gasteiger charge is 2.53. The van der Waals surface area contributed by atoms with Gasteiger partial charge in [0.1, 0.15) is 5.54 Å². The Hall–Kier alpha value is -1.39. The first-order chi connectivity index (χ1) is 8.12. The highest BCUT2D eigenvalue weighted by molar-refractivity contribution is 6.09. The summed E-state index contributed by atoms with van der Waals surface area (Å²) >= 11 is 0. The Morgan fingerprint density at radius 3 is 2.53 bits per heavy atom. The smallest absolute Gasteiger partial charge is 0.323 e. The van der Waals surface area contributed by atoms with Crippen LogP contribution in [0.15, 0.2) is 0 Å². The molecule has 3 aliphatic rings. The van der Waals surface area contributed by atoms with Gasteiger partial charge in [-0.25, -0.2) is 4.79 Å². The lowest BCUT2D eigenvalue weighted by atomic mass is 9.98. The van der Waals surface area contributed by atoms with Crippen LogP contribution in [0.2, 0.25) is 0 Å². The van der Waals surface area contributed by atoms with E-state index < -0.39 is 5.54 Å². The summed E-state index contributed by atoms with van der Waals surface area (Å²) in [5, 5.41) is 2.78. The predicted octanol–water partition coefficient (Wildman–Crippen LogP) is 0.830. The van der Waals surface area contributed by atoms with Gasteiger partial charge in [0.2, 0.25) is 0 Å². The first-order valence-electron chi connectivity index (χ1n) is 6.29. The fourth-order valence-electron chi connectivity index (χ4n) is 2.83. The summed E-state index contributed by atoms with van der Waals surface area (Å²) in [6.07, 6.45) is 5.19. The van der Waals surface area contributed by atoms with Crippen LogP contribution in [0.25, 0.3) is 0 Å². The first-order valence-corrected chi connectivity index (χ1v) is 6.29. The number of amides is 3. The van der Waals surface area contributed by atoms with Crippen molar-refractivity contribution in [3.63, 3.8) is 0 Å². The quantitative estimate of drug-likeness (QED) is 0.738. The van der Waals surface area contributed by atoms with Gasteiger partial charge in [0.25, 0.3) is 5.91 Å². The molecular weight excluding hydrogens is 220 g/mol. The van der Waals surface area contributed by atoms with Gasteiger partial charge in [-0.15, -0.1) is 0 Å². The largest absolute Gasteiger partial charge is 0.325 e. The number of hydrogen-bond acceptors (Lipinski definition) is 3. The van der Waals surface area contributed by atoms with Gasteiger partial charge >= 0.3 is 6.03 Å². The van der Waals surface area contributed by atoms with E-state index in [1.807, 2.05) is 0 Å². The molecule has 3 amide bonds. The van der Waals surface area contributed by atoms with Gasteiger partial charge in [0, 0.05) is 5.92 Å². The standard InChI is InChI=1S/C12H16N2O3/c15-9(8-3-4-8)7-14-10(16)12(13-11(14)17)5-1-2-6-12/h8H,1-7H2,(H,13,17). The fraction of sp³-hybridized carbons (Fsp3) is 0.750. The van der Waals surface area contributed by atoms with Crippen LogP contribution in [0.4, 0.5) is 4.79 Å². The van der Waals surface area contributed by atoms with E-state index >= 15 is 0 Å². The minimum absolute atomic E-state index is 0.0307. The summed E-state index contributed by atoms with van der Waals surface area (Å²) in [4.78, 5) is 36.8. The second-order valence-electron chi connectivity index (χ2n) is 5.35. The maximum atomic E-state index is 12.2. The van der Waals surface area contributed by atoms with Crippen LogP contribution in [0.5, 0.6) is 0 Å². The van der Waals surface area contributed by atoms with Crippen molar-refractivity contribution in [3.8, 4) is 0 Å². The number of Topliss-reactive ketones (excluding diaryl/α,β-unsaturated/α-hetero) is 1. The summed E-state index contributed by atoms with van der Waals surface area (Å²) < 4.78 is 0. The van der Waals surface area contributed by atoms with Crippen molar-refractivity contribution in [2.75, 3.05) is 6.54 Å². The number of hydrogen-bond donors (Lipinski definition) is 1. The van der Waals surface area contributed by atoms with E-state index in [1.54, 1.807) is 0 Å². The third-order valence-corrected chi connectivity index (χ3v) is 4.05. The Kier molecular flexibility index (Phi) is 2.24. The van der Waals surface area contributed by atoms with E-state index in [4.69, 9.17) is 0 Å². The molecule has 0 radical (unpaired) electrons. The highest BCUT2D eigenvalue weighted by atomic mass is 16.2. The molecule has 0 atom stereocenters. The van der Waals surface area contributed by atoms with Crippen molar-refractivity contribution < 1.29 is 14.4 Å². The van der Waals surface area contributed by atoms with Crippen LogP contribution in [0.1, 0.15) is 38.5 Å². The topological polar surface area (TPSA) is 66.5 Å². The highest BCUT2D eigenvalue weighted by Crippen LogP contribution is 2.36. The van der Waals surface area contributed by atoms with Crippen LogP contribution in [0, 0.1) is 5.92 Å². The molecule has 0 aromatic carbocycles. The zero-order chi connectivity index (χ0) is 12.0. The molecule has 2 saturated carbocycles. The molecule has 0 aromatic heterocycles. The van der Waals surface area contributed by atoms with Crippen molar-refractivity contribution in [1.29, 1.82) is 0 Å². The van der Waals surface area contributed by atoms with E-state index in [0.717, 1.165) is 30.6 Å². The van der Waals surface area contributed by atoms with Gasteiger partial charge in [0.05, 0.1) is 6.54 Å². The van der Waals surface area contributed by atoms with E-state index in [9.17, 15) is 14.4 Å². The maximum absolute atomic E-state index is 12.2. The number of urea groups is 1. The van der Waals surface area contributed by atoms with E-state index in [2.05, 4.69) is 5.32 Å². The third-order valence-electron chi connectivity index (χ3n) is 4.05. The van der Waals surface area contributed by atoms with Crippen molar-refractivity contribution >= 4 is 17.7 Å². The van der Waals surface area contributed by atoms with Crippen LogP contribution in [0.3, 0.4) is 0 Å². The number of carbonyl (C=O) groups is 3. The van der Waals surface area contributed by atoms with E-state index in [1.165, 1.54) is 0 Å². The molecular formula is C12H16N2O3. The Labute approximate surface area is 99.5 Å². The summed E-state index contributed by atoms with van der Waals surface area (Å²) in [6.45, 7) is -0.0307. The lowest BCUT2D eigenvalue weighted by Gasteiger charge is -2.19. The Balaban J connectivity index is 1.74. The average Bonchev–Trinajstić information content (AvgIpc) is 3.01. The first kappa shape index (κ1) is 10.7. The zero-order valence-corrected chi connectivity index (χ0v) is 9.70. The minimum Gasteiger partial charge on any atom is -0.323 e. The van der Waals surface area contributed by atoms with Gasteiger partial charge in [0.15, 0.2) is 5.78 Å². The number of imide groups is 1. The molecule has 0 aromatic rings. The van der Waals surface area contributed by atoms with Crippen LogP contribution < -0.4 is 5.32 Å². The molecule has 5 nitrogen and oxygen atoms in total. The van der Waals surface area contributed by atoms with Crippen LogP contribution in [-0.4, -0.2) is 34.7 Å².